The number of carbonyl (C=O) groups excluding carboxylic acids is 1. The van der Waals surface area contributed by atoms with Gasteiger partial charge in [-0.3, -0.25) is 0 Å². The van der Waals surface area contributed by atoms with Crippen LogP contribution in [0.1, 0.15) is 27.2 Å². The summed E-state index contributed by atoms with van der Waals surface area (Å²) in [4.78, 5) is 26.7. The molecular formula is C14H22N4O4. The van der Waals surface area contributed by atoms with Gasteiger partial charge in [-0.25, -0.2) is 14.6 Å². The van der Waals surface area contributed by atoms with Crippen molar-refractivity contribution < 1.29 is 19.4 Å². The number of nitrogens with zero attached hydrogens (tertiary/aromatic N) is 1. The average Bonchev–Trinajstić information content (AvgIpc) is 2.37. The van der Waals surface area contributed by atoms with E-state index in [-0.39, 0.29) is 6.42 Å². The largest absolute Gasteiger partial charge is 0.480 e. The van der Waals surface area contributed by atoms with Gasteiger partial charge in [0.05, 0.1) is 5.69 Å². The molecule has 0 aromatic carbocycles. The number of rotatable bonds is 6. The quantitative estimate of drug-likeness (QED) is 0.626. The minimum absolute atomic E-state index is 0.170. The summed E-state index contributed by atoms with van der Waals surface area (Å²) in [5, 5.41) is 14.4. The molecule has 0 aliphatic heterocycles. The van der Waals surface area contributed by atoms with Crippen molar-refractivity contribution in [2.75, 3.05) is 17.6 Å². The topological polar surface area (TPSA) is 127 Å². The van der Waals surface area contributed by atoms with Crippen molar-refractivity contribution in [3.63, 3.8) is 0 Å². The van der Waals surface area contributed by atoms with Crippen LogP contribution in [0.2, 0.25) is 0 Å². The van der Waals surface area contributed by atoms with E-state index in [9.17, 15) is 9.59 Å². The number of aromatic nitrogens is 1. The third kappa shape index (κ3) is 6.29. The maximum Gasteiger partial charge on any atom is 0.408 e. The third-order valence-electron chi connectivity index (χ3n) is 2.58. The van der Waals surface area contributed by atoms with Crippen LogP contribution in [-0.2, 0) is 9.53 Å². The van der Waals surface area contributed by atoms with Crippen molar-refractivity contribution in [2.45, 2.75) is 38.8 Å². The van der Waals surface area contributed by atoms with Crippen molar-refractivity contribution in [1.29, 1.82) is 0 Å². The molecule has 5 N–H and O–H groups in total. The van der Waals surface area contributed by atoms with E-state index in [4.69, 9.17) is 15.6 Å². The van der Waals surface area contributed by atoms with Crippen LogP contribution in [0.5, 0.6) is 0 Å². The van der Waals surface area contributed by atoms with Crippen molar-refractivity contribution in [3.05, 3.63) is 18.3 Å². The van der Waals surface area contributed by atoms with Crippen LogP contribution in [0.15, 0.2) is 18.3 Å². The molecule has 0 bridgehead atoms. The van der Waals surface area contributed by atoms with Gasteiger partial charge in [-0.15, -0.1) is 0 Å². The molecule has 0 saturated carbocycles. The zero-order valence-corrected chi connectivity index (χ0v) is 12.9. The monoisotopic (exact) mass is 310 g/mol. The molecule has 1 heterocycles. The highest BCUT2D eigenvalue weighted by atomic mass is 16.6. The van der Waals surface area contributed by atoms with E-state index in [2.05, 4.69) is 15.6 Å². The second-order valence-corrected chi connectivity index (χ2v) is 5.69. The van der Waals surface area contributed by atoms with E-state index in [1.165, 1.54) is 0 Å². The minimum Gasteiger partial charge on any atom is -0.480 e. The standard InChI is InChI=1S/C14H22N4O4/c1-14(2,3)22-13(21)18-10(12(19)20)6-8-16-9-5-4-7-17-11(9)15/h4-5,7,10,16H,6,8H2,1-3H3,(H2,15,17)(H,18,21)(H,19,20)/t10-/m0/s1. The number of nitrogens with two attached hydrogens (primary N) is 1. The Morgan fingerprint density at radius 3 is 2.68 bits per heavy atom. The van der Waals surface area contributed by atoms with Crippen LogP contribution in [0, 0.1) is 0 Å². The van der Waals surface area contributed by atoms with E-state index in [1.54, 1.807) is 39.1 Å². The molecular weight excluding hydrogens is 288 g/mol. The van der Waals surface area contributed by atoms with Crippen molar-refractivity contribution in [2.24, 2.45) is 0 Å². The third-order valence-corrected chi connectivity index (χ3v) is 2.58. The lowest BCUT2D eigenvalue weighted by Crippen LogP contribution is -2.44. The van der Waals surface area contributed by atoms with Gasteiger partial charge < -0.3 is 26.2 Å². The summed E-state index contributed by atoms with van der Waals surface area (Å²) in [5.41, 5.74) is 5.60. The highest BCUT2D eigenvalue weighted by molar-refractivity contribution is 5.80. The van der Waals surface area contributed by atoms with Gasteiger partial charge in [-0.2, -0.15) is 0 Å². The number of nitrogens with one attached hydrogen (secondary N) is 2. The zero-order valence-electron chi connectivity index (χ0n) is 12.9. The zero-order chi connectivity index (χ0) is 16.8. The fourth-order valence-electron chi connectivity index (χ4n) is 1.63. The average molecular weight is 310 g/mol. The van der Waals surface area contributed by atoms with Crippen LogP contribution < -0.4 is 16.4 Å². The summed E-state index contributed by atoms with van der Waals surface area (Å²) >= 11 is 0. The van der Waals surface area contributed by atoms with E-state index < -0.39 is 23.7 Å². The molecule has 0 spiro atoms. The van der Waals surface area contributed by atoms with E-state index in [0.717, 1.165) is 0 Å². The molecule has 8 heteroatoms. The summed E-state index contributed by atoms with van der Waals surface area (Å²) in [7, 11) is 0. The molecule has 0 fully saturated rings. The molecule has 22 heavy (non-hydrogen) atoms. The smallest absolute Gasteiger partial charge is 0.408 e. The molecule has 0 saturated heterocycles. The normalized spacial score (nSPS) is 12.3. The molecule has 1 rings (SSSR count). The molecule has 1 aromatic rings. The number of carboxylic acid groups (broad SMARTS) is 1. The number of carboxylic acids is 1. The maximum absolute atomic E-state index is 11.6. The Balaban J connectivity index is 2.50. The predicted molar refractivity (Wildman–Crippen MR) is 82.5 cm³/mol. The fourth-order valence-corrected chi connectivity index (χ4v) is 1.63. The Kier molecular flexibility index (Phi) is 5.97. The first-order chi connectivity index (χ1) is 10.2. The Morgan fingerprint density at radius 1 is 1.45 bits per heavy atom. The summed E-state index contributed by atoms with van der Waals surface area (Å²) in [5.74, 6) is -0.804. The molecule has 1 atom stereocenters. The van der Waals surface area contributed by atoms with Gasteiger partial charge in [-0.1, -0.05) is 0 Å². The lowest BCUT2D eigenvalue weighted by molar-refractivity contribution is -0.139. The molecule has 0 unspecified atom stereocenters. The number of pyridine rings is 1. The van der Waals surface area contributed by atoms with Gasteiger partial charge in [0.2, 0.25) is 0 Å². The van der Waals surface area contributed by atoms with Crippen LogP contribution in [0.4, 0.5) is 16.3 Å². The lowest BCUT2D eigenvalue weighted by Gasteiger charge is -2.22. The number of carbonyl (C=O) groups is 2. The Hall–Kier alpha value is -2.51. The SMILES string of the molecule is CC(C)(C)OC(=O)N[C@@H](CCNc1cccnc1N)C(=O)O. The number of anilines is 2. The molecule has 0 aliphatic carbocycles. The number of nitrogen functional groups attached to an aromatic ring is 1. The van der Waals surface area contributed by atoms with Gasteiger partial charge in [-0.05, 0) is 39.3 Å². The number of aliphatic carboxylic acids is 1. The van der Waals surface area contributed by atoms with Crippen LogP contribution in [0.3, 0.4) is 0 Å². The molecule has 8 nitrogen and oxygen atoms in total. The summed E-state index contributed by atoms with van der Waals surface area (Å²) in [6.45, 7) is 5.42. The Morgan fingerprint density at radius 2 is 2.14 bits per heavy atom. The molecule has 1 amide bonds. The highest BCUT2D eigenvalue weighted by Gasteiger charge is 2.23. The van der Waals surface area contributed by atoms with Crippen molar-refractivity contribution >= 4 is 23.6 Å². The summed E-state index contributed by atoms with van der Waals surface area (Å²) < 4.78 is 5.04. The lowest BCUT2D eigenvalue weighted by atomic mass is 10.2. The number of hydrogen-bond donors (Lipinski definition) is 4. The number of ether oxygens (including phenoxy) is 1. The Labute approximate surface area is 129 Å². The van der Waals surface area contributed by atoms with Crippen LogP contribution >= 0.6 is 0 Å². The summed E-state index contributed by atoms with van der Waals surface area (Å²) in [6.07, 6.45) is 0.967. The second kappa shape index (κ2) is 7.48. The molecule has 0 radical (unpaired) electrons. The molecule has 122 valence electrons. The first kappa shape index (κ1) is 17.5. The predicted octanol–water partition coefficient (Wildman–Crippen LogP) is 1.44. The van der Waals surface area contributed by atoms with Gasteiger partial charge in [0.25, 0.3) is 0 Å². The van der Waals surface area contributed by atoms with Gasteiger partial charge in [0, 0.05) is 12.7 Å². The molecule has 0 aliphatic rings. The van der Waals surface area contributed by atoms with Crippen LogP contribution in [-0.4, -0.2) is 40.3 Å². The first-order valence-corrected chi connectivity index (χ1v) is 6.86. The van der Waals surface area contributed by atoms with Gasteiger partial charge in [0.1, 0.15) is 17.5 Å². The highest BCUT2D eigenvalue weighted by Crippen LogP contribution is 2.13. The summed E-state index contributed by atoms with van der Waals surface area (Å²) in [6, 6.07) is 2.39. The minimum atomic E-state index is -1.13. The first-order valence-electron chi connectivity index (χ1n) is 6.86. The number of alkyl carbamates (subject to hydrolysis) is 1. The van der Waals surface area contributed by atoms with Crippen molar-refractivity contribution in [3.8, 4) is 0 Å². The Bertz CT molecular complexity index is 528. The number of hydrogen-bond acceptors (Lipinski definition) is 6. The van der Waals surface area contributed by atoms with Crippen LogP contribution in [0.25, 0.3) is 0 Å². The molecule has 1 aromatic heterocycles. The van der Waals surface area contributed by atoms with E-state index >= 15 is 0 Å². The maximum atomic E-state index is 11.6. The fraction of sp³-hybridized carbons (Fsp3) is 0.500. The van der Waals surface area contributed by atoms with E-state index in [1.807, 2.05) is 0 Å². The number of amides is 1. The van der Waals surface area contributed by atoms with E-state index in [0.29, 0.717) is 18.1 Å². The van der Waals surface area contributed by atoms with Gasteiger partial charge >= 0.3 is 12.1 Å². The second-order valence-electron chi connectivity index (χ2n) is 5.69. The van der Waals surface area contributed by atoms with Gasteiger partial charge in [0.15, 0.2) is 0 Å². The van der Waals surface area contributed by atoms with Crippen molar-refractivity contribution in [1.82, 2.24) is 10.3 Å².